The highest BCUT2D eigenvalue weighted by molar-refractivity contribution is 8.15. The highest BCUT2D eigenvalue weighted by atomic mass is 35.5. The van der Waals surface area contributed by atoms with Gasteiger partial charge < -0.3 is 10.1 Å². The normalized spacial score (nSPS) is 17.0. The lowest BCUT2D eigenvalue weighted by Crippen LogP contribution is -2.44. The van der Waals surface area contributed by atoms with Crippen molar-refractivity contribution >= 4 is 86.5 Å². The molecular weight excluding hydrogens is 602 g/mol. The number of rotatable bonds is 7. The van der Waals surface area contributed by atoms with Crippen molar-refractivity contribution in [3.8, 4) is 5.75 Å². The lowest BCUT2D eigenvalue weighted by atomic mass is 10.2. The number of alkyl halides is 3. The molecule has 1 saturated heterocycles. The van der Waals surface area contributed by atoms with Gasteiger partial charge in [-0.2, -0.15) is 0 Å². The van der Waals surface area contributed by atoms with Gasteiger partial charge in [0.15, 0.2) is 5.17 Å². The summed E-state index contributed by atoms with van der Waals surface area (Å²) in [6.07, 6.45) is -0.0931. The van der Waals surface area contributed by atoms with Crippen LogP contribution in [0.2, 0.25) is 15.1 Å². The van der Waals surface area contributed by atoms with Crippen molar-refractivity contribution in [2.75, 3.05) is 5.32 Å². The Morgan fingerprint density at radius 1 is 1.05 bits per heavy atom. The average Bonchev–Trinajstić information content (AvgIpc) is 2.85. The van der Waals surface area contributed by atoms with E-state index in [0.29, 0.717) is 31.6 Å². The molecule has 1 fully saturated rings. The van der Waals surface area contributed by atoms with Gasteiger partial charge in [-0.3, -0.25) is 14.5 Å². The Bertz CT molecular complexity index is 1370. The summed E-state index contributed by atoms with van der Waals surface area (Å²) in [5, 5.41) is 3.36. The molecule has 3 aromatic carbocycles. The molecular formula is C25H17Cl4F2N3O3S. The molecule has 198 valence electrons. The van der Waals surface area contributed by atoms with Gasteiger partial charge in [0, 0.05) is 28.7 Å². The zero-order valence-corrected chi connectivity index (χ0v) is 23.0. The van der Waals surface area contributed by atoms with Gasteiger partial charge in [0.05, 0.1) is 22.3 Å². The summed E-state index contributed by atoms with van der Waals surface area (Å²) in [4.78, 5) is 32.3. The maximum atomic E-state index is 13.2. The monoisotopic (exact) mass is 617 g/mol. The van der Waals surface area contributed by atoms with Gasteiger partial charge in [-0.1, -0.05) is 58.7 Å². The summed E-state index contributed by atoms with van der Waals surface area (Å²) < 4.78 is 29.9. The number of ether oxygens (including phenoxy) is 1. The molecule has 6 nitrogen and oxygen atoms in total. The summed E-state index contributed by atoms with van der Waals surface area (Å²) in [5.74, 6) is -0.961. The van der Waals surface area contributed by atoms with E-state index in [4.69, 9.17) is 46.4 Å². The molecule has 13 heteroatoms. The Morgan fingerprint density at radius 3 is 2.37 bits per heavy atom. The second-order valence-corrected chi connectivity index (χ2v) is 10.8. The summed E-state index contributed by atoms with van der Waals surface area (Å²) in [6.45, 7) is 0.212. The number of aliphatic imine (C=N–C) groups is 1. The Labute approximate surface area is 240 Å². The predicted molar refractivity (Wildman–Crippen MR) is 148 cm³/mol. The third-order valence-corrected chi connectivity index (χ3v) is 7.43. The van der Waals surface area contributed by atoms with E-state index in [-0.39, 0.29) is 24.6 Å². The van der Waals surface area contributed by atoms with Gasteiger partial charge in [0.2, 0.25) is 11.8 Å². The van der Waals surface area contributed by atoms with Crippen molar-refractivity contribution in [2.45, 2.75) is 23.8 Å². The number of thioether (sulfide) groups is 1. The van der Waals surface area contributed by atoms with E-state index < -0.39 is 16.7 Å². The predicted octanol–water partition coefficient (Wildman–Crippen LogP) is 7.98. The summed E-state index contributed by atoms with van der Waals surface area (Å²) >= 11 is 24.0. The van der Waals surface area contributed by atoms with Gasteiger partial charge in [-0.25, -0.2) is 4.99 Å². The Kier molecular flexibility index (Phi) is 9.05. The van der Waals surface area contributed by atoms with Crippen molar-refractivity contribution in [3.05, 3.63) is 87.4 Å². The smallest absolute Gasteiger partial charge is 0.420 e. The number of carbonyl (C=O) groups is 2. The van der Waals surface area contributed by atoms with Crippen molar-refractivity contribution in [1.82, 2.24) is 4.90 Å². The number of carbonyl (C=O) groups excluding carboxylic acids is 2. The molecule has 0 bridgehead atoms. The van der Waals surface area contributed by atoms with Crippen LogP contribution in [0.15, 0.2) is 71.7 Å². The number of amides is 2. The van der Waals surface area contributed by atoms with Crippen LogP contribution in [-0.4, -0.2) is 32.7 Å². The topological polar surface area (TPSA) is 71.0 Å². The lowest BCUT2D eigenvalue weighted by molar-refractivity contribution is -0.129. The van der Waals surface area contributed by atoms with E-state index in [1.165, 1.54) is 29.2 Å². The van der Waals surface area contributed by atoms with Crippen molar-refractivity contribution in [3.63, 3.8) is 0 Å². The Morgan fingerprint density at radius 2 is 1.74 bits per heavy atom. The number of halogens is 6. The standard InChI is InChI=1S/C25H17Cl4F2N3O3S/c26-15-3-1-14(2-4-15)13-34-22(35)12-21(38-24(34)33-17-7-10-19(27)20(28)11-17)23(36)32-16-5-8-18(9-6-16)37-25(29,30)31/h1-11,21H,12-13H2,(H,32,36)/t21-/m1/s1. The molecule has 38 heavy (non-hydrogen) atoms. The third-order valence-electron chi connectivity index (χ3n) is 5.17. The van der Waals surface area contributed by atoms with Crippen LogP contribution in [0.3, 0.4) is 0 Å². The SMILES string of the molecule is O=C(Nc1ccc(OC(F)(F)Cl)cc1)[C@H]1CC(=O)N(Cc2ccc(Cl)cc2)C(=Nc2ccc(Cl)c(Cl)c2)S1. The number of amidine groups is 1. The molecule has 1 aliphatic heterocycles. The van der Waals surface area contributed by atoms with E-state index in [1.54, 1.807) is 42.5 Å². The zero-order valence-electron chi connectivity index (χ0n) is 19.1. The van der Waals surface area contributed by atoms with Gasteiger partial charge in [-0.05, 0) is 60.2 Å². The molecule has 0 saturated carbocycles. The van der Waals surface area contributed by atoms with E-state index >= 15 is 0 Å². The molecule has 1 atom stereocenters. The summed E-state index contributed by atoms with van der Waals surface area (Å²) in [7, 11) is 0. The fourth-order valence-corrected chi connectivity index (χ4v) is 5.00. The minimum atomic E-state index is -3.86. The Balaban J connectivity index is 1.55. The van der Waals surface area contributed by atoms with Crippen LogP contribution < -0.4 is 10.1 Å². The van der Waals surface area contributed by atoms with E-state index in [9.17, 15) is 18.4 Å². The van der Waals surface area contributed by atoms with Crippen LogP contribution >= 0.6 is 58.2 Å². The molecule has 0 radical (unpaired) electrons. The average molecular weight is 619 g/mol. The number of anilines is 1. The van der Waals surface area contributed by atoms with Crippen LogP contribution in [0.5, 0.6) is 5.75 Å². The maximum Gasteiger partial charge on any atom is 0.487 e. The van der Waals surface area contributed by atoms with Crippen LogP contribution in [0.1, 0.15) is 12.0 Å². The van der Waals surface area contributed by atoms with Crippen LogP contribution in [-0.2, 0) is 16.1 Å². The molecule has 0 spiro atoms. The molecule has 3 aromatic rings. The highest BCUT2D eigenvalue weighted by Gasteiger charge is 2.36. The Hall–Kier alpha value is -2.56. The molecule has 2 amide bonds. The van der Waals surface area contributed by atoms with E-state index in [1.807, 2.05) is 0 Å². The summed E-state index contributed by atoms with van der Waals surface area (Å²) in [5.41, 5.74) is -2.27. The first-order valence-electron chi connectivity index (χ1n) is 10.9. The van der Waals surface area contributed by atoms with Crippen molar-refractivity contribution in [1.29, 1.82) is 0 Å². The minimum absolute atomic E-state index is 0.0931. The maximum absolute atomic E-state index is 13.2. The first-order chi connectivity index (χ1) is 18.0. The fraction of sp³-hybridized carbons (Fsp3) is 0.160. The molecule has 0 aliphatic carbocycles. The van der Waals surface area contributed by atoms with E-state index in [0.717, 1.165) is 17.3 Å². The van der Waals surface area contributed by atoms with Gasteiger partial charge in [0.1, 0.15) is 11.0 Å². The van der Waals surface area contributed by atoms with Gasteiger partial charge in [-0.15, -0.1) is 8.78 Å². The first kappa shape index (κ1) is 28.4. The van der Waals surface area contributed by atoms with Crippen molar-refractivity contribution in [2.24, 2.45) is 4.99 Å². The quantitative estimate of drug-likeness (QED) is 0.273. The second kappa shape index (κ2) is 12.1. The fourth-order valence-electron chi connectivity index (χ4n) is 3.40. The molecule has 1 aliphatic rings. The van der Waals surface area contributed by atoms with Gasteiger partial charge >= 0.3 is 5.57 Å². The number of hydrogen-bond donors (Lipinski definition) is 1. The second-order valence-electron chi connectivity index (χ2n) is 7.97. The molecule has 1 heterocycles. The highest BCUT2D eigenvalue weighted by Crippen LogP contribution is 2.33. The molecule has 1 N–H and O–H groups in total. The number of nitrogens with one attached hydrogen (secondary N) is 1. The number of hydrogen-bond acceptors (Lipinski definition) is 5. The number of benzene rings is 3. The molecule has 0 unspecified atom stereocenters. The molecule has 4 rings (SSSR count). The van der Waals surface area contributed by atoms with Gasteiger partial charge in [0.25, 0.3) is 0 Å². The largest absolute Gasteiger partial charge is 0.487 e. The van der Waals surface area contributed by atoms with E-state index in [2.05, 4.69) is 15.0 Å². The van der Waals surface area contributed by atoms with Crippen LogP contribution in [0.4, 0.5) is 20.2 Å². The summed E-state index contributed by atoms with van der Waals surface area (Å²) in [6, 6.07) is 17.0. The number of nitrogens with zero attached hydrogens (tertiary/aromatic N) is 2. The molecule has 0 aromatic heterocycles. The third kappa shape index (κ3) is 7.74. The zero-order chi connectivity index (χ0) is 27.4. The minimum Gasteiger partial charge on any atom is -0.420 e. The van der Waals surface area contributed by atoms with Crippen LogP contribution in [0.25, 0.3) is 0 Å². The lowest BCUT2D eigenvalue weighted by Gasteiger charge is -2.32. The first-order valence-corrected chi connectivity index (χ1v) is 13.3. The van der Waals surface area contributed by atoms with Crippen LogP contribution in [0, 0.1) is 0 Å². The van der Waals surface area contributed by atoms with Crippen molar-refractivity contribution < 1.29 is 23.1 Å².